The summed E-state index contributed by atoms with van der Waals surface area (Å²) >= 11 is 0. The molecular weight excluding hydrogens is 516 g/mol. The summed E-state index contributed by atoms with van der Waals surface area (Å²) in [4.78, 5) is 26.4. The molecule has 37 heavy (non-hydrogen) atoms. The number of esters is 2. The van der Waals surface area contributed by atoms with Crippen LogP contribution in [0.25, 0.3) is 0 Å². The Labute approximate surface area is 216 Å². The van der Waals surface area contributed by atoms with Gasteiger partial charge in [-0.1, -0.05) is 49.4 Å². The first kappa shape index (κ1) is 26.8. The van der Waals surface area contributed by atoms with E-state index in [9.17, 15) is 26.4 Å². The van der Waals surface area contributed by atoms with Gasteiger partial charge in [-0.15, -0.1) is 0 Å². The van der Waals surface area contributed by atoms with E-state index in [1.165, 1.54) is 24.3 Å². The van der Waals surface area contributed by atoms with Crippen LogP contribution in [0.3, 0.4) is 0 Å². The molecule has 2 aromatic rings. The first-order chi connectivity index (χ1) is 17.5. The second-order valence-corrected chi connectivity index (χ2v) is 13.3. The average molecular weight is 545 g/mol. The SMILES string of the molecule is COC(=O)C1(C(=O)OC)CC(S(=O)(=O)c2ccccc2)=C2C(=CCC2C)C(S(=O)(=O)c2ccccc2)C1. The average Bonchev–Trinajstić information content (AvgIpc) is 3.19. The van der Waals surface area contributed by atoms with Crippen molar-refractivity contribution < 1.29 is 35.9 Å². The number of fused-ring (bicyclic) bond motifs is 1. The quantitative estimate of drug-likeness (QED) is 0.399. The third kappa shape index (κ3) is 4.42. The number of carbonyl (C=O) groups is 2. The third-order valence-corrected chi connectivity index (χ3v) is 11.1. The van der Waals surface area contributed by atoms with E-state index in [0.717, 1.165) is 14.2 Å². The molecule has 0 bridgehead atoms. The molecule has 0 aromatic heterocycles. The van der Waals surface area contributed by atoms with Crippen molar-refractivity contribution >= 4 is 31.6 Å². The predicted molar refractivity (Wildman–Crippen MR) is 136 cm³/mol. The first-order valence-electron chi connectivity index (χ1n) is 11.7. The van der Waals surface area contributed by atoms with Crippen molar-refractivity contribution in [3.05, 3.63) is 82.8 Å². The summed E-state index contributed by atoms with van der Waals surface area (Å²) in [5, 5.41) is -1.38. The Balaban J connectivity index is 2.08. The van der Waals surface area contributed by atoms with Gasteiger partial charge in [0, 0.05) is 6.42 Å². The van der Waals surface area contributed by atoms with Gasteiger partial charge in [0.15, 0.2) is 15.3 Å². The molecule has 4 rings (SSSR count). The van der Waals surface area contributed by atoms with Crippen LogP contribution >= 0.6 is 0 Å². The van der Waals surface area contributed by atoms with E-state index >= 15 is 0 Å². The number of sulfone groups is 2. The molecule has 0 heterocycles. The summed E-state index contributed by atoms with van der Waals surface area (Å²) in [6.07, 6.45) is 1.01. The lowest BCUT2D eigenvalue weighted by Crippen LogP contribution is -2.45. The van der Waals surface area contributed by atoms with Gasteiger partial charge < -0.3 is 9.47 Å². The Morgan fingerprint density at radius 1 is 0.838 bits per heavy atom. The number of allylic oxidation sites excluding steroid dienone is 3. The molecule has 196 valence electrons. The van der Waals surface area contributed by atoms with Crippen LogP contribution in [0.15, 0.2) is 92.6 Å². The third-order valence-electron chi connectivity index (χ3n) is 7.12. The van der Waals surface area contributed by atoms with Crippen LogP contribution in [-0.4, -0.2) is 48.2 Å². The van der Waals surface area contributed by atoms with Crippen LogP contribution in [0.4, 0.5) is 0 Å². The molecule has 10 heteroatoms. The minimum absolute atomic E-state index is 0.00204. The van der Waals surface area contributed by atoms with Gasteiger partial charge >= 0.3 is 11.9 Å². The molecule has 0 amide bonds. The molecule has 2 aromatic carbocycles. The zero-order valence-electron chi connectivity index (χ0n) is 20.7. The highest BCUT2D eigenvalue weighted by atomic mass is 32.2. The molecular formula is C27H28O8S2. The number of rotatable bonds is 6. The van der Waals surface area contributed by atoms with Gasteiger partial charge in [0.05, 0.1) is 34.2 Å². The normalized spacial score (nSPS) is 21.4. The molecule has 2 unspecified atom stereocenters. The highest BCUT2D eigenvalue weighted by Gasteiger charge is 2.57. The van der Waals surface area contributed by atoms with E-state index in [1.54, 1.807) is 49.4 Å². The fraction of sp³-hybridized carbons (Fsp3) is 0.333. The van der Waals surface area contributed by atoms with E-state index < -0.39 is 55.1 Å². The van der Waals surface area contributed by atoms with Crippen LogP contribution < -0.4 is 0 Å². The second-order valence-electron chi connectivity index (χ2n) is 9.24. The van der Waals surface area contributed by atoms with Gasteiger partial charge in [-0.2, -0.15) is 0 Å². The molecule has 0 spiro atoms. The lowest BCUT2D eigenvalue weighted by molar-refractivity contribution is -0.169. The topological polar surface area (TPSA) is 121 Å². The molecule has 0 fully saturated rings. The minimum Gasteiger partial charge on any atom is -0.468 e. The van der Waals surface area contributed by atoms with Gasteiger partial charge in [0.2, 0.25) is 9.84 Å². The van der Waals surface area contributed by atoms with Crippen molar-refractivity contribution in [1.29, 1.82) is 0 Å². The summed E-state index contributed by atoms with van der Waals surface area (Å²) in [6, 6.07) is 15.3. The van der Waals surface area contributed by atoms with Crippen LogP contribution in [0.2, 0.25) is 0 Å². The summed E-state index contributed by atoms with van der Waals surface area (Å²) in [6.45, 7) is 1.80. The Kier molecular flexibility index (Phi) is 7.18. The van der Waals surface area contributed by atoms with Gasteiger partial charge in [-0.05, 0) is 54.2 Å². The zero-order valence-corrected chi connectivity index (χ0v) is 22.3. The van der Waals surface area contributed by atoms with E-state index in [4.69, 9.17) is 9.47 Å². The molecule has 2 aliphatic rings. The van der Waals surface area contributed by atoms with E-state index in [2.05, 4.69) is 0 Å². The Morgan fingerprint density at radius 2 is 1.35 bits per heavy atom. The largest absolute Gasteiger partial charge is 0.468 e. The standard InChI is InChI=1S/C27H28O8S2/c1-18-14-15-21-22(36(30,31)19-10-6-4-7-11-19)16-27(25(28)34-2,26(29)35-3)17-23(24(18)21)37(32,33)20-12-8-5-9-13-20/h4-13,15,18,22H,14,16-17H2,1-3H3. The Hall–Kier alpha value is -3.24. The van der Waals surface area contributed by atoms with Crippen molar-refractivity contribution in [2.45, 2.75) is 41.2 Å². The van der Waals surface area contributed by atoms with Crippen LogP contribution in [-0.2, 0) is 38.7 Å². The number of carbonyl (C=O) groups excluding carboxylic acids is 2. The van der Waals surface area contributed by atoms with Crippen molar-refractivity contribution in [2.75, 3.05) is 14.2 Å². The molecule has 2 aliphatic carbocycles. The highest BCUT2D eigenvalue weighted by molar-refractivity contribution is 7.95. The number of benzene rings is 2. The van der Waals surface area contributed by atoms with Crippen molar-refractivity contribution in [2.24, 2.45) is 11.3 Å². The number of hydrogen-bond acceptors (Lipinski definition) is 8. The Bertz CT molecular complexity index is 1470. The molecule has 0 aliphatic heterocycles. The van der Waals surface area contributed by atoms with Crippen molar-refractivity contribution in [3.8, 4) is 0 Å². The maximum Gasteiger partial charge on any atom is 0.323 e. The maximum absolute atomic E-state index is 14.0. The van der Waals surface area contributed by atoms with Crippen molar-refractivity contribution in [3.63, 3.8) is 0 Å². The fourth-order valence-corrected chi connectivity index (χ4v) is 9.01. The van der Waals surface area contributed by atoms with Gasteiger partial charge in [0.1, 0.15) is 0 Å². The van der Waals surface area contributed by atoms with Crippen molar-refractivity contribution in [1.82, 2.24) is 0 Å². The maximum atomic E-state index is 14.0. The molecule has 2 atom stereocenters. The number of ether oxygens (including phenoxy) is 2. The van der Waals surface area contributed by atoms with E-state index in [0.29, 0.717) is 17.6 Å². The summed E-state index contributed by atoms with van der Waals surface area (Å²) < 4.78 is 66.0. The zero-order chi connectivity index (χ0) is 27.0. The second kappa shape index (κ2) is 9.90. The van der Waals surface area contributed by atoms with E-state index in [-0.39, 0.29) is 20.6 Å². The fourth-order valence-electron chi connectivity index (χ4n) is 5.24. The molecule has 0 saturated heterocycles. The predicted octanol–water partition coefficient (Wildman–Crippen LogP) is 3.65. The van der Waals surface area contributed by atoms with Gasteiger partial charge in [-0.25, -0.2) is 16.8 Å². The number of hydrogen-bond donors (Lipinski definition) is 0. The first-order valence-corrected chi connectivity index (χ1v) is 14.7. The summed E-state index contributed by atoms with van der Waals surface area (Å²) in [7, 11) is -6.26. The summed E-state index contributed by atoms with van der Waals surface area (Å²) in [5.41, 5.74) is -1.59. The molecule has 0 N–H and O–H groups in total. The van der Waals surface area contributed by atoms with Gasteiger partial charge in [0.25, 0.3) is 0 Å². The lowest BCUT2D eigenvalue weighted by atomic mass is 9.80. The minimum atomic E-state index is -4.23. The lowest BCUT2D eigenvalue weighted by Gasteiger charge is -2.30. The van der Waals surface area contributed by atoms with Crippen LogP contribution in [0, 0.1) is 11.3 Å². The number of methoxy groups -OCH3 is 2. The smallest absolute Gasteiger partial charge is 0.323 e. The van der Waals surface area contributed by atoms with E-state index in [1.807, 2.05) is 0 Å². The molecule has 0 saturated carbocycles. The molecule has 8 nitrogen and oxygen atoms in total. The monoisotopic (exact) mass is 544 g/mol. The van der Waals surface area contributed by atoms with Gasteiger partial charge in [-0.3, -0.25) is 9.59 Å². The molecule has 0 radical (unpaired) electrons. The Morgan fingerprint density at radius 3 is 1.86 bits per heavy atom. The highest BCUT2D eigenvalue weighted by Crippen LogP contribution is 2.52. The van der Waals surface area contributed by atoms with Crippen LogP contribution in [0.1, 0.15) is 26.2 Å². The van der Waals surface area contributed by atoms with Crippen LogP contribution in [0.5, 0.6) is 0 Å². The summed E-state index contributed by atoms with van der Waals surface area (Å²) in [5.74, 6) is -2.47.